The Morgan fingerprint density at radius 2 is 2.00 bits per heavy atom. The Kier molecular flexibility index (Phi) is 5.53. The number of nitrogens with zero attached hydrogens (tertiary/aromatic N) is 3. The van der Waals surface area contributed by atoms with Crippen molar-refractivity contribution >= 4 is 45.7 Å². The van der Waals surface area contributed by atoms with Crippen molar-refractivity contribution in [3.8, 4) is 10.6 Å². The van der Waals surface area contributed by atoms with E-state index in [4.69, 9.17) is 11.6 Å². The molecule has 2 heterocycles. The standard InChI is InChI=1S/C19H20ClN3O3S/c1-4-22(5-2)16(24)10-23-9-14(20)13-8-12(6-7-15(13)23)18-21-11(3)17(27-18)19(25)26/h6-9H,4-5,10H2,1-3H3,(H,25,26). The Labute approximate surface area is 166 Å². The molecule has 0 fully saturated rings. The highest BCUT2D eigenvalue weighted by atomic mass is 35.5. The summed E-state index contributed by atoms with van der Waals surface area (Å²) in [6, 6.07) is 5.66. The molecular formula is C19H20ClN3O3S. The van der Waals surface area contributed by atoms with E-state index in [0.717, 1.165) is 27.8 Å². The molecule has 1 amide bonds. The molecule has 2 aromatic heterocycles. The number of amides is 1. The lowest BCUT2D eigenvalue weighted by Gasteiger charge is -2.19. The molecule has 6 nitrogen and oxygen atoms in total. The number of hydrogen-bond acceptors (Lipinski definition) is 4. The maximum absolute atomic E-state index is 12.4. The molecule has 0 aliphatic heterocycles. The molecule has 27 heavy (non-hydrogen) atoms. The van der Waals surface area contributed by atoms with Crippen molar-refractivity contribution < 1.29 is 14.7 Å². The highest BCUT2D eigenvalue weighted by Crippen LogP contribution is 2.33. The van der Waals surface area contributed by atoms with E-state index in [1.807, 2.05) is 36.6 Å². The maximum Gasteiger partial charge on any atom is 0.347 e. The van der Waals surface area contributed by atoms with Crippen LogP contribution in [0.5, 0.6) is 0 Å². The van der Waals surface area contributed by atoms with Gasteiger partial charge in [0.05, 0.1) is 16.2 Å². The Morgan fingerprint density at radius 3 is 2.59 bits per heavy atom. The molecule has 0 atom stereocenters. The zero-order valence-corrected chi connectivity index (χ0v) is 16.9. The summed E-state index contributed by atoms with van der Waals surface area (Å²) in [7, 11) is 0. The van der Waals surface area contributed by atoms with E-state index in [1.165, 1.54) is 0 Å². The van der Waals surface area contributed by atoms with Crippen molar-refractivity contribution in [1.82, 2.24) is 14.5 Å². The molecule has 0 aliphatic rings. The summed E-state index contributed by atoms with van der Waals surface area (Å²) >= 11 is 7.54. The molecule has 1 N–H and O–H groups in total. The van der Waals surface area contributed by atoms with Gasteiger partial charge in [0, 0.05) is 30.2 Å². The molecular weight excluding hydrogens is 386 g/mol. The Hall–Kier alpha value is -2.38. The fourth-order valence-electron chi connectivity index (χ4n) is 3.06. The molecule has 0 radical (unpaired) electrons. The molecule has 0 aliphatic carbocycles. The molecule has 3 rings (SSSR count). The van der Waals surface area contributed by atoms with Crippen molar-refractivity contribution in [3.63, 3.8) is 0 Å². The van der Waals surface area contributed by atoms with Gasteiger partial charge in [-0.2, -0.15) is 0 Å². The van der Waals surface area contributed by atoms with Gasteiger partial charge in [-0.25, -0.2) is 9.78 Å². The van der Waals surface area contributed by atoms with Gasteiger partial charge in [0.1, 0.15) is 16.4 Å². The minimum Gasteiger partial charge on any atom is -0.477 e. The second kappa shape index (κ2) is 7.70. The van der Waals surface area contributed by atoms with Crippen molar-refractivity contribution in [1.29, 1.82) is 0 Å². The SMILES string of the molecule is CCN(CC)C(=O)Cn1cc(Cl)c2cc(-c3nc(C)c(C(=O)O)s3)ccc21. The van der Waals surface area contributed by atoms with Crippen LogP contribution in [0.4, 0.5) is 0 Å². The van der Waals surface area contributed by atoms with Crippen LogP contribution in [0.25, 0.3) is 21.5 Å². The molecule has 0 spiro atoms. The Bertz CT molecular complexity index is 1020. The third-order valence-corrected chi connectivity index (χ3v) is 5.99. The highest BCUT2D eigenvalue weighted by Gasteiger charge is 2.17. The summed E-state index contributed by atoms with van der Waals surface area (Å²) in [6.45, 7) is 7.16. The second-order valence-electron chi connectivity index (χ2n) is 6.14. The van der Waals surface area contributed by atoms with Crippen LogP contribution in [0.1, 0.15) is 29.2 Å². The number of fused-ring (bicyclic) bond motifs is 1. The van der Waals surface area contributed by atoms with Gasteiger partial charge in [-0.05, 0) is 39.0 Å². The van der Waals surface area contributed by atoms with Gasteiger partial charge in [0.15, 0.2) is 0 Å². The van der Waals surface area contributed by atoms with Crippen LogP contribution in [-0.4, -0.2) is 44.5 Å². The second-order valence-corrected chi connectivity index (χ2v) is 7.55. The monoisotopic (exact) mass is 405 g/mol. The van der Waals surface area contributed by atoms with Gasteiger partial charge in [-0.15, -0.1) is 11.3 Å². The van der Waals surface area contributed by atoms with E-state index in [-0.39, 0.29) is 17.3 Å². The zero-order valence-electron chi connectivity index (χ0n) is 15.3. The molecule has 3 aromatic rings. The number of aromatic nitrogens is 2. The van der Waals surface area contributed by atoms with Crippen LogP contribution in [-0.2, 0) is 11.3 Å². The van der Waals surface area contributed by atoms with Crippen LogP contribution in [0.2, 0.25) is 5.02 Å². The summed E-state index contributed by atoms with van der Waals surface area (Å²) < 4.78 is 1.85. The number of aryl methyl sites for hydroxylation is 1. The lowest BCUT2D eigenvalue weighted by Crippen LogP contribution is -2.33. The number of likely N-dealkylation sites (N-methyl/N-ethyl adjacent to an activating group) is 1. The third-order valence-electron chi connectivity index (χ3n) is 4.49. The first kappa shape index (κ1) is 19.4. The van der Waals surface area contributed by atoms with Crippen LogP contribution >= 0.6 is 22.9 Å². The first-order valence-corrected chi connectivity index (χ1v) is 9.82. The maximum atomic E-state index is 12.4. The van der Waals surface area contributed by atoms with Crippen molar-refractivity contribution in [3.05, 3.63) is 40.0 Å². The van der Waals surface area contributed by atoms with Crippen LogP contribution < -0.4 is 0 Å². The van der Waals surface area contributed by atoms with Crippen molar-refractivity contribution in [2.75, 3.05) is 13.1 Å². The van der Waals surface area contributed by atoms with Crippen LogP contribution in [0.15, 0.2) is 24.4 Å². The Morgan fingerprint density at radius 1 is 1.30 bits per heavy atom. The third kappa shape index (κ3) is 3.70. The molecule has 142 valence electrons. The minimum atomic E-state index is -0.976. The first-order chi connectivity index (χ1) is 12.8. The fourth-order valence-corrected chi connectivity index (χ4v) is 4.23. The average molecular weight is 406 g/mol. The average Bonchev–Trinajstić information content (AvgIpc) is 3.16. The highest BCUT2D eigenvalue weighted by molar-refractivity contribution is 7.17. The summed E-state index contributed by atoms with van der Waals surface area (Å²) in [5, 5.41) is 11.2. The molecule has 0 saturated carbocycles. The van der Waals surface area contributed by atoms with E-state index < -0.39 is 5.97 Å². The quantitative estimate of drug-likeness (QED) is 0.663. The van der Waals surface area contributed by atoms with Gasteiger partial charge >= 0.3 is 5.97 Å². The number of carboxylic acids is 1. The van der Waals surface area contributed by atoms with Gasteiger partial charge in [0.2, 0.25) is 5.91 Å². The van der Waals surface area contributed by atoms with Crippen molar-refractivity contribution in [2.45, 2.75) is 27.3 Å². The number of rotatable bonds is 6. The smallest absolute Gasteiger partial charge is 0.347 e. The van der Waals surface area contributed by atoms with Crippen LogP contribution in [0, 0.1) is 6.92 Å². The number of hydrogen-bond donors (Lipinski definition) is 1. The largest absolute Gasteiger partial charge is 0.477 e. The normalized spacial score (nSPS) is 11.1. The molecule has 0 unspecified atom stereocenters. The van der Waals surface area contributed by atoms with Crippen molar-refractivity contribution in [2.24, 2.45) is 0 Å². The number of carbonyl (C=O) groups is 2. The van der Waals surface area contributed by atoms with E-state index >= 15 is 0 Å². The zero-order chi connectivity index (χ0) is 19.7. The summed E-state index contributed by atoms with van der Waals surface area (Å²) in [6.07, 6.45) is 1.76. The number of carbonyl (C=O) groups excluding carboxylic acids is 1. The minimum absolute atomic E-state index is 0.0410. The molecule has 8 heteroatoms. The Balaban J connectivity index is 1.98. The molecule has 0 bridgehead atoms. The van der Waals surface area contributed by atoms with Gasteiger partial charge in [-0.3, -0.25) is 4.79 Å². The lowest BCUT2D eigenvalue weighted by atomic mass is 10.1. The van der Waals surface area contributed by atoms with Gasteiger partial charge in [-0.1, -0.05) is 11.6 Å². The molecule has 1 aromatic carbocycles. The predicted octanol–water partition coefficient (Wildman–Crippen LogP) is 4.29. The number of carboxylic acid groups (broad SMARTS) is 1. The van der Waals surface area contributed by atoms with E-state index in [1.54, 1.807) is 18.0 Å². The lowest BCUT2D eigenvalue weighted by molar-refractivity contribution is -0.131. The summed E-state index contributed by atoms with van der Waals surface area (Å²) in [5.74, 6) is -0.935. The predicted molar refractivity (Wildman–Crippen MR) is 108 cm³/mol. The number of thiazole rings is 1. The van der Waals surface area contributed by atoms with Crippen LogP contribution in [0.3, 0.4) is 0 Å². The number of benzene rings is 1. The van der Waals surface area contributed by atoms with Gasteiger partial charge in [0.25, 0.3) is 0 Å². The van der Waals surface area contributed by atoms with E-state index in [9.17, 15) is 14.7 Å². The summed E-state index contributed by atoms with van der Waals surface area (Å²) in [4.78, 5) is 30.1. The first-order valence-electron chi connectivity index (χ1n) is 8.62. The van der Waals surface area contributed by atoms with E-state index in [2.05, 4.69) is 4.98 Å². The molecule has 0 saturated heterocycles. The van der Waals surface area contributed by atoms with E-state index in [0.29, 0.717) is 28.8 Å². The number of aromatic carboxylic acids is 1. The number of halogens is 1. The fraction of sp³-hybridized carbons (Fsp3) is 0.316. The summed E-state index contributed by atoms with van der Waals surface area (Å²) in [5.41, 5.74) is 2.16. The topological polar surface area (TPSA) is 75.4 Å². The van der Waals surface area contributed by atoms with Gasteiger partial charge < -0.3 is 14.6 Å².